The Morgan fingerprint density at radius 3 is 2.64 bits per heavy atom. The first-order valence-corrected chi connectivity index (χ1v) is 11.8. The van der Waals surface area contributed by atoms with Crippen LogP contribution in [0, 0.1) is 6.92 Å². The summed E-state index contributed by atoms with van der Waals surface area (Å²) in [5.41, 5.74) is 4.93. The third kappa shape index (κ3) is 4.89. The molecule has 2 aromatic heterocycles. The fraction of sp³-hybridized carbons (Fsp3) is 0.286. The Balaban J connectivity index is 0.00000152. The molecule has 0 N–H and O–H groups in total. The number of fused-ring (bicyclic) bond motifs is 5. The van der Waals surface area contributed by atoms with E-state index < -0.39 is 0 Å². The van der Waals surface area contributed by atoms with Crippen molar-refractivity contribution in [3.8, 4) is 34.3 Å². The molecule has 4 heterocycles. The molecule has 0 amide bonds. The van der Waals surface area contributed by atoms with Gasteiger partial charge in [0.25, 0.3) is 0 Å². The van der Waals surface area contributed by atoms with Gasteiger partial charge in [0.1, 0.15) is 0 Å². The highest BCUT2D eigenvalue weighted by molar-refractivity contribution is 5.91. The van der Waals surface area contributed by atoms with Gasteiger partial charge in [0, 0.05) is 30.5 Å². The summed E-state index contributed by atoms with van der Waals surface area (Å²) in [7, 11) is 1.70. The monoisotopic (exact) mass is 614 g/mol. The van der Waals surface area contributed by atoms with Crippen molar-refractivity contribution in [2.75, 3.05) is 20.5 Å². The minimum atomic E-state index is 0. The van der Waals surface area contributed by atoms with Crippen LogP contribution in [0.3, 0.4) is 0 Å². The smallest absolute Gasteiger partial charge is 0.231 e. The van der Waals surface area contributed by atoms with E-state index in [9.17, 15) is 0 Å². The molecular weight excluding hydrogens is 588 g/mol. The van der Waals surface area contributed by atoms with Gasteiger partial charge in [-0.25, -0.2) is 4.57 Å². The first-order chi connectivity index (χ1) is 16.7. The van der Waals surface area contributed by atoms with Crippen LogP contribution in [0.1, 0.15) is 17.5 Å². The van der Waals surface area contributed by atoms with Gasteiger partial charge in [-0.15, -0.1) is 0 Å². The van der Waals surface area contributed by atoms with Crippen molar-refractivity contribution in [2.45, 2.75) is 32.9 Å². The van der Waals surface area contributed by atoms with E-state index in [0.717, 1.165) is 59.7 Å². The number of ether oxygens (including phenoxy) is 4. The highest BCUT2D eigenvalue weighted by atomic mass is 79.9. The summed E-state index contributed by atoms with van der Waals surface area (Å²) in [6.07, 6.45) is 8.31. The average Bonchev–Trinajstić information content (AvgIpc) is 3.31. The van der Waals surface area contributed by atoms with E-state index in [0.29, 0.717) is 13.4 Å². The molecule has 188 valence electrons. The number of methoxy groups -OCH3 is 1. The van der Waals surface area contributed by atoms with Crippen LogP contribution in [0.2, 0.25) is 0 Å². The molecule has 2 aliphatic rings. The summed E-state index contributed by atoms with van der Waals surface area (Å²) in [5.74, 6) is 3.23. The van der Waals surface area contributed by atoms with Crippen molar-refractivity contribution in [2.24, 2.45) is 0 Å². The fourth-order valence-corrected chi connectivity index (χ4v) is 4.92. The van der Waals surface area contributed by atoms with Gasteiger partial charge in [-0.3, -0.25) is 0 Å². The lowest BCUT2D eigenvalue weighted by molar-refractivity contribution is -0.697. The molecule has 0 saturated carbocycles. The Hall–Kier alpha value is -2.84. The van der Waals surface area contributed by atoms with Crippen LogP contribution >= 0.6 is 0 Å². The highest BCUT2D eigenvalue weighted by Gasteiger charge is 2.28. The molecule has 8 heteroatoms. The average molecular weight is 616 g/mol. The van der Waals surface area contributed by atoms with E-state index in [1.54, 1.807) is 7.11 Å². The van der Waals surface area contributed by atoms with Gasteiger partial charge in [-0.05, 0) is 48.2 Å². The Bertz CT molecular complexity index is 1410. The lowest BCUT2D eigenvalue weighted by Crippen LogP contribution is -3.00. The number of nitrogens with zero attached hydrogens (tertiary/aromatic N) is 2. The van der Waals surface area contributed by atoms with E-state index in [-0.39, 0.29) is 34.0 Å². The Morgan fingerprint density at radius 1 is 1.00 bits per heavy atom. The van der Waals surface area contributed by atoms with Crippen LogP contribution in [-0.4, -0.2) is 20.5 Å². The maximum absolute atomic E-state index is 6.33. The van der Waals surface area contributed by atoms with Crippen LogP contribution < -0.4 is 62.0 Å². The molecule has 0 spiro atoms. The second kappa shape index (κ2) is 11.0. The topological polar surface area (TPSA) is 44.7 Å². The Kier molecular flexibility index (Phi) is 8.05. The van der Waals surface area contributed by atoms with E-state index >= 15 is 0 Å². The number of rotatable bonds is 6. The zero-order valence-corrected chi connectivity index (χ0v) is 23.5. The quantitative estimate of drug-likeness (QED) is 0.189. The predicted molar refractivity (Wildman–Crippen MR) is 127 cm³/mol. The summed E-state index contributed by atoms with van der Waals surface area (Å²) in [6, 6.07) is 14.8. The Labute approximate surface area is 231 Å². The summed E-state index contributed by atoms with van der Waals surface area (Å²) in [6.45, 7) is 4.83. The van der Waals surface area contributed by atoms with Gasteiger partial charge >= 0.3 is 0 Å². The molecule has 6 nitrogen and oxygen atoms in total. The molecule has 4 aromatic rings. The maximum atomic E-state index is 6.33. The SMILES string of the molecule is COc1ccc2cc3[n+](cc2c1OCCC[n+]1cccc(C)c1)CCc1cc2c(cc1-3)OCO2.[Br-].[Br-]. The van der Waals surface area contributed by atoms with Crippen molar-refractivity contribution in [3.63, 3.8) is 0 Å². The second-order valence-corrected chi connectivity index (χ2v) is 8.89. The van der Waals surface area contributed by atoms with Crippen LogP contribution in [0.4, 0.5) is 0 Å². The van der Waals surface area contributed by atoms with Crippen LogP contribution in [0.15, 0.2) is 61.1 Å². The largest absolute Gasteiger partial charge is 1.00 e. The highest BCUT2D eigenvalue weighted by Crippen LogP contribution is 2.41. The molecule has 6 rings (SSSR count). The minimum absolute atomic E-state index is 0. The third-order valence-corrected chi connectivity index (χ3v) is 6.61. The normalized spacial score (nSPS) is 12.7. The molecule has 0 bridgehead atoms. The molecule has 0 fully saturated rings. The molecular formula is C28H28Br2N2O4. The van der Waals surface area contributed by atoms with Gasteiger partial charge in [-0.1, -0.05) is 0 Å². The molecule has 0 unspecified atom stereocenters. The van der Waals surface area contributed by atoms with Crippen LogP contribution in [0.25, 0.3) is 22.0 Å². The molecule has 0 atom stereocenters. The lowest BCUT2D eigenvalue weighted by atomic mass is 9.95. The van der Waals surface area contributed by atoms with Gasteiger partial charge in [-0.2, -0.15) is 4.57 Å². The van der Waals surface area contributed by atoms with Crippen LogP contribution in [0.5, 0.6) is 23.0 Å². The van der Waals surface area contributed by atoms with Crippen molar-refractivity contribution in [1.29, 1.82) is 0 Å². The first kappa shape index (κ1) is 26.2. The number of aromatic nitrogens is 2. The Morgan fingerprint density at radius 2 is 1.83 bits per heavy atom. The number of hydrogen-bond acceptors (Lipinski definition) is 4. The van der Waals surface area contributed by atoms with E-state index in [2.05, 4.69) is 71.0 Å². The summed E-state index contributed by atoms with van der Waals surface area (Å²) >= 11 is 0. The zero-order chi connectivity index (χ0) is 23.1. The van der Waals surface area contributed by atoms with E-state index in [4.69, 9.17) is 18.9 Å². The number of aryl methyl sites for hydroxylation is 4. The van der Waals surface area contributed by atoms with E-state index in [1.807, 2.05) is 6.07 Å². The second-order valence-electron chi connectivity index (χ2n) is 8.89. The maximum Gasteiger partial charge on any atom is 0.231 e. The van der Waals surface area contributed by atoms with Crippen molar-refractivity contribution < 1.29 is 62.0 Å². The fourth-order valence-electron chi connectivity index (χ4n) is 4.92. The van der Waals surface area contributed by atoms with Crippen LogP contribution in [-0.2, 0) is 19.5 Å². The summed E-state index contributed by atoms with van der Waals surface area (Å²) in [5, 5.41) is 2.19. The zero-order valence-electron chi connectivity index (χ0n) is 20.3. The summed E-state index contributed by atoms with van der Waals surface area (Å²) in [4.78, 5) is 0. The molecule has 2 aromatic carbocycles. The molecule has 2 aliphatic heterocycles. The van der Waals surface area contributed by atoms with Gasteiger partial charge in [0.15, 0.2) is 54.7 Å². The molecule has 0 aliphatic carbocycles. The van der Waals surface area contributed by atoms with Crippen molar-refractivity contribution in [1.82, 2.24) is 0 Å². The lowest BCUT2D eigenvalue weighted by Gasteiger charge is -2.18. The van der Waals surface area contributed by atoms with Gasteiger partial charge < -0.3 is 52.9 Å². The molecule has 0 radical (unpaired) electrons. The van der Waals surface area contributed by atoms with Crippen molar-refractivity contribution >= 4 is 10.8 Å². The number of benzene rings is 2. The number of hydrogen-bond donors (Lipinski definition) is 0. The predicted octanol–water partition coefficient (Wildman–Crippen LogP) is -1.84. The minimum Gasteiger partial charge on any atom is -1.00 e. The summed E-state index contributed by atoms with van der Waals surface area (Å²) < 4.78 is 27.7. The van der Waals surface area contributed by atoms with E-state index in [1.165, 1.54) is 22.4 Å². The third-order valence-electron chi connectivity index (χ3n) is 6.61. The standard InChI is InChI=1S/C28H28N2O4.2BrH/c1-19-5-3-9-29(16-19)10-4-12-32-28-23-17-30-11-8-21-14-26-27(34-18-33-26)15-22(21)24(30)13-20(23)6-7-25(28)31-2;;/h3,5-7,9,13-17H,4,8,10-12,18H2,1-2H3;2*1H/q+2;;/p-2. The number of halogens is 2. The first-order valence-electron chi connectivity index (χ1n) is 11.8. The van der Waals surface area contributed by atoms with Crippen molar-refractivity contribution in [3.05, 3.63) is 72.2 Å². The molecule has 0 saturated heterocycles. The van der Waals surface area contributed by atoms with Gasteiger partial charge in [0.05, 0.1) is 24.7 Å². The number of pyridine rings is 2. The molecule has 36 heavy (non-hydrogen) atoms. The van der Waals surface area contributed by atoms with Gasteiger partial charge in [0.2, 0.25) is 12.5 Å².